The van der Waals surface area contributed by atoms with Crippen molar-refractivity contribution in [3.05, 3.63) is 34.7 Å². The second-order valence-corrected chi connectivity index (χ2v) is 8.47. The van der Waals surface area contributed by atoms with Crippen molar-refractivity contribution in [3.8, 4) is 5.75 Å². The van der Waals surface area contributed by atoms with Gasteiger partial charge in [0.1, 0.15) is 16.6 Å². The molecular weight excluding hydrogens is 396 g/mol. The third-order valence-corrected chi connectivity index (χ3v) is 6.37. The first-order valence-electron chi connectivity index (χ1n) is 9.33. The Morgan fingerprint density at radius 1 is 1.36 bits per heavy atom. The number of aliphatic hydroxyl groups is 1. The van der Waals surface area contributed by atoms with Gasteiger partial charge >= 0.3 is 0 Å². The highest BCUT2D eigenvalue weighted by atomic mass is 32.2. The van der Waals surface area contributed by atoms with Crippen LogP contribution in [0.1, 0.15) is 31.2 Å². The molecule has 0 radical (unpaired) electrons. The molecule has 2 fully saturated rings. The van der Waals surface area contributed by atoms with E-state index in [-0.39, 0.29) is 31.0 Å². The van der Waals surface area contributed by atoms with Gasteiger partial charge in [0, 0.05) is 19.2 Å². The van der Waals surface area contributed by atoms with E-state index in [1.54, 1.807) is 18.1 Å². The number of thiocarbonyl (C=S) groups is 1. The smallest absolute Gasteiger partial charge is 0.266 e. The molecule has 28 heavy (non-hydrogen) atoms. The Labute approximate surface area is 174 Å². The van der Waals surface area contributed by atoms with E-state index in [0.29, 0.717) is 22.2 Å². The molecule has 0 bridgehead atoms. The largest absolute Gasteiger partial charge is 0.497 e. The lowest BCUT2D eigenvalue weighted by Gasteiger charge is -2.36. The van der Waals surface area contributed by atoms with Crippen LogP contribution in [0.25, 0.3) is 6.08 Å². The van der Waals surface area contributed by atoms with Crippen LogP contribution in [0.15, 0.2) is 29.2 Å². The van der Waals surface area contributed by atoms with Crippen LogP contribution in [-0.2, 0) is 9.59 Å². The first-order valence-corrected chi connectivity index (χ1v) is 10.6. The fraction of sp³-hybridized carbons (Fsp3) is 0.450. The standard InChI is InChI=1S/C20H24N2O4S2/c1-26-16-7-5-14(6-8-16)12-17-19(25)22(20(27)28-17)13-18(24)21-10-3-2-4-15(21)9-11-23/h5-8,12,15,23H,2-4,9-11,13H2,1H3/b17-12-/t15-/m1/s1. The molecule has 8 heteroatoms. The van der Waals surface area contributed by atoms with Crippen LogP contribution >= 0.6 is 24.0 Å². The summed E-state index contributed by atoms with van der Waals surface area (Å²) < 4.78 is 5.54. The Bertz CT molecular complexity index is 777. The maximum Gasteiger partial charge on any atom is 0.266 e. The highest BCUT2D eigenvalue weighted by Crippen LogP contribution is 2.33. The monoisotopic (exact) mass is 420 g/mol. The number of nitrogens with zero attached hydrogens (tertiary/aromatic N) is 2. The minimum Gasteiger partial charge on any atom is -0.497 e. The topological polar surface area (TPSA) is 70.1 Å². The zero-order valence-electron chi connectivity index (χ0n) is 15.8. The summed E-state index contributed by atoms with van der Waals surface area (Å²) in [5.74, 6) is 0.393. The molecule has 1 atom stereocenters. The molecule has 2 amide bonds. The lowest BCUT2D eigenvalue weighted by Crippen LogP contribution is -2.49. The Balaban J connectivity index is 1.69. The molecule has 0 aliphatic carbocycles. The van der Waals surface area contributed by atoms with Gasteiger partial charge in [-0.3, -0.25) is 14.5 Å². The highest BCUT2D eigenvalue weighted by Gasteiger charge is 2.36. The van der Waals surface area contributed by atoms with Crippen molar-refractivity contribution < 1.29 is 19.4 Å². The number of piperidine rings is 1. The third kappa shape index (κ3) is 4.74. The maximum atomic E-state index is 12.8. The van der Waals surface area contributed by atoms with Gasteiger partial charge in [-0.25, -0.2) is 0 Å². The van der Waals surface area contributed by atoms with E-state index in [1.807, 2.05) is 24.3 Å². The average molecular weight is 421 g/mol. The fourth-order valence-corrected chi connectivity index (χ4v) is 4.75. The van der Waals surface area contributed by atoms with Crippen molar-refractivity contribution in [2.75, 3.05) is 26.8 Å². The van der Waals surface area contributed by atoms with Gasteiger partial charge in [0.25, 0.3) is 5.91 Å². The molecular formula is C20H24N2O4S2. The Kier molecular flexibility index (Phi) is 7.09. The summed E-state index contributed by atoms with van der Waals surface area (Å²) in [7, 11) is 1.60. The predicted octanol–water partition coefficient (Wildman–Crippen LogP) is 2.66. The van der Waals surface area contributed by atoms with E-state index in [4.69, 9.17) is 17.0 Å². The molecule has 0 spiro atoms. The number of thioether (sulfide) groups is 1. The minimum absolute atomic E-state index is 0.0412. The molecule has 1 N–H and O–H groups in total. The second kappa shape index (κ2) is 9.54. The fourth-order valence-electron chi connectivity index (χ4n) is 3.49. The highest BCUT2D eigenvalue weighted by molar-refractivity contribution is 8.26. The van der Waals surface area contributed by atoms with Gasteiger partial charge in [-0.2, -0.15) is 0 Å². The number of rotatable bonds is 6. The van der Waals surface area contributed by atoms with Gasteiger partial charge in [0.05, 0.1) is 12.0 Å². The van der Waals surface area contributed by atoms with Gasteiger partial charge < -0.3 is 14.7 Å². The van der Waals surface area contributed by atoms with Gasteiger partial charge in [-0.15, -0.1) is 0 Å². The van der Waals surface area contributed by atoms with Crippen molar-refractivity contribution in [1.82, 2.24) is 9.80 Å². The Hall–Kier alpha value is -1.90. The molecule has 1 aromatic rings. The first-order chi connectivity index (χ1) is 13.5. The maximum absolute atomic E-state index is 12.8. The van der Waals surface area contributed by atoms with E-state index in [1.165, 1.54) is 16.7 Å². The third-order valence-electron chi connectivity index (χ3n) is 4.99. The van der Waals surface area contributed by atoms with Crippen molar-refractivity contribution in [2.45, 2.75) is 31.7 Å². The molecule has 2 aliphatic rings. The second-order valence-electron chi connectivity index (χ2n) is 6.79. The molecule has 6 nitrogen and oxygen atoms in total. The SMILES string of the molecule is COc1ccc(/C=C2\SC(=S)N(CC(=O)N3CCCC[C@@H]3CCO)C2=O)cc1. The van der Waals surface area contributed by atoms with E-state index in [0.717, 1.165) is 30.6 Å². The number of carbonyl (C=O) groups excluding carboxylic acids is 2. The number of aliphatic hydroxyl groups excluding tert-OH is 1. The van der Waals surface area contributed by atoms with Crippen molar-refractivity contribution >= 4 is 46.2 Å². The quantitative estimate of drug-likeness (QED) is 0.564. The minimum atomic E-state index is -0.241. The summed E-state index contributed by atoms with van der Waals surface area (Å²) in [5, 5.41) is 9.25. The molecule has 2 saturated heterocycles. The molecule has 2 heterocycles. The average Bonchev–Trinajstić information content (AvgIpc) is 2.96. The van der Waals surface area contributed by atoms with Gasteiger partial charge in [0.15, 0.2) is 0 Å². The summed E-state index contributed by atoms with van der Waals surface area (Å²) >= 11 is 6.56. The number of amides is 2. The summed E-state index contributed by atoms with van der Waals surface area (Å²) in [4.78, 5) is 29.3. The summed E-state index contributed by atoms with van der Waals surface area (Å²) in [6.45, 7) is 0.673. The number of hydrogen-bond donors (Lipinski definition) is 1. The van der Waals surface area contributed by atoms with E-state index < -0.39 is 0 Å². The molecule has 0 aromatic heterocycles. The number of benzene rings is 1. The van der Waals surface area contributed by atoms with Crippen molar-refractivity contribution in [3.63, 3.8) is 0 Å². The Morgan fingerprint density at radius 3 is 2.79 bits per heavy atom. The number of ether oxygens (including phenoxy) is 1. The predicted molar refractivity (Wildman–Crippen MR) is 114 cm³/mol. The van der Waals surface area contributed by atoms with Crippen molar-refractivity contribution in [2.24, 2.45) is 0 Å². The van der Waals surface area contributed by atoms with Crippen LogP contribution in [0.2, 0.25) is 0 Å². The van der Waals surface area contributed by atoms with Crippen LogP contribution in [0.4, 0.5) is 0 Å². The first kappa shape index (κ1) is 20.8. The van der Waals surface area contributed by atoms with Crippen LogP contribution < -0.4 is 4.74 Å². The lowest BCUT2D eigenvalue weighted by molar-refractivity contribution is -0.138. The summed E-state index contributed by atoms with van der Waals surface area (Å²) in [6.07, 6.45) is 5.24. The number of likely N-dealkylation sites (tertiary alicyclic amines) is 1. The normalized spacial score (nSPS) is 21.5. The van der Waals surface area contributed by atoms with Gasteiger partial charge in [0.2, 0.25) is 5.91 Å². The number of carbonyl (C=O) groups is 2. The molecule has 150 valence electrons. The molecule has 0 unspecified atom stereocenters. The van der Waals surface area contributed by atoms with Gasteiger partial charge in [-0.05, 0) is 49.5 Å². The zero-order valence-corrected chi connectivity index (χ0v) is 17.4. The molecule has 3 rings (SSSR count). The van der Waals surface area contributed by atoms with E-state index in [2.05, 4.69) is 0 Å². The van der Waals surface area contributed by atoms with Crippen LogP contribution in [-0.4, -0.2) is 63.9 Å². The van der Waals surface area contributed by atoms with Crippen LogP contribution in [0, 0.1) is 0 Å². The summed E-state index contributed by atoms with van der Waals surface area (Å²) in [5.41, 5.74) is 0.867. The Morgan fingerprint density at radius 2 is 2.11 bits per heavy atom. The molecule has 0 saturated carbocycles. The van der Waals surface area contributed by atoms with Crippen LogP contribution in [0.5, 0.6) is 5.75 Å². The zero-order chi connectivity index (χ0) is 20.1. The number of methoxy groups -OCH3 is 1. The van der Waals surface area contributed by atoms with Crippen molar-refractivity contribution in [1.29, 1.82) is 0 Å². The molecule has 2 aliphatic heterocycles. The lowest BCUT2D eigenvalue weighted by atomic mass is 9.99. The van der Waals surface area contributed by atoms with Gasteiger partial charge in [-0.1, -0.05) is 36.1 Å². The summed E-state index contributed by atoms with van der Waals surface area (Å²) in [6, 6.07) is 7.43. The van der Waals surface area contributed by atoms with Crippen LogP contribution in [0.3, 0.4) is 0 Å². The number of hydrogen-bond acceptors (Lipinski definition) is 6. The van der Waals surface area contributed by atoms with E-state index >= 15 is 0 Å². The molecule has 1 aromatic carbocycles. The van der Waals surface area contributed by atoms with E-state index in [9.17, 15) is 14.7 Å².